The Kier molecular flexibility index (Phi) is 6.88. The van der Waals surface area contributed by atoms with Gasteiger partial charge in [0.25, 0.3) is 11.7 Å². The van der Waals surface area contributed by atoms with Crippen molar-refractivity contribution in [1.82, 2.24) is 29.4 Å². The lowest BCUT2D eigenvalue weighted by molar-refractivity contribution is -0.140. The third-order valence-electron chi connectivity index (χ3n) is 6.58. The molecule has 9 nitrogen and oxygen atoms in total. The zero-order chi connectivity index (χ0) is 23.7. The summed E-state index contributed by atoms with van der Waals surface area (Å²) >= 11 is 0. The molecule has 3 rings (SSSR count). The van der Waals surface area contributed by atoms with Crippen molar-refractivity contribution in [3.63, 3.8) is 0 Å². The van der Waals surface area contributed by atoms with Crippen LogP contribution in [0.5, 0.6) is 0 Å². The molecule has 2 aromatic rings. The van der Waals surface area contributed by atoms with Crippen molar-refractivity contribution in [3.8, 4) is 0 Å². The van der Waals surface area contributed by atoms with E-state index < -0.39 is 17.7 Å². The molecule has 9 heteroatoms. The zero-order valence-corrected chi connectivity index (χ0v) is 20.1. The van der Waals surface area contributed by atoms with Gasteiger partial charge in [-0.2, -0.15) is 10.2 Å². The third-order valence-corrected chi connectivity index (χ3v) is 6.58. The van der Waals surface area contributed by atoms with Crippen LogP contribution >= 0.6 is 0 Å². The minimum absolute atomic E-state index is 0.104. The van der Waals surface area contributed by atoms with Gasteiger partial charge < -0.3 is 14.9 Å². The summed E-state index contributed by atoms with van der Waals surface area (Å²) in [5, 5.41) is 20.2. The molecule has 0 aliphatic carbocycles. The number of nitrogens with zero attached hydrogens (tertiary/aromatic N) is 6. The van der Waals surface area contributed by atoms with Gasteiger partial charge in [0.2, 0.25) is 0 Å². The average molecular weight is 443 g/mol. The maximum atomic E-state index is 13.2. The quantitative estimate of drug-likeness (QED) is 0.383. The first-order valence-electron chi connectivity index (χ1n) is 11.2. The maximum absolute atomic E-state index is 13.2. The van der Waals surface area contributed by atoms with E-state index in [1.807, 2.05) is 27.8 Å². The minimum atomic E-state index is -0.692. The van der Waals surface area contributed by atoms with Crippen LogP contribution in [0.15, 0.2) is 11.8 Å². The lowest BCUT2D eigenvalue weighted by Gasteiger charge is -2.27. The van der Waals surface area contributed by atoms with Gasteiger partial charge in [-0.25, -0.2) is 0 Å². The number of hydrogen-bond acceptors (Lipinski definition) is 6. The molecule has 1 N–H and O–H groups in total. The molecule has 1 aliphatic rings. The summed E-state index contributed by atoms with van der Waals surface area (Å²) in [6, 6.07) is -0.692. The molecule has 1 saturated heterocycles. The number of likely N-dealkylation sites (tertiary alicyclic amines) is 1. The van der Waals surface area contributed by atoms with Gasteiger partial charge in [0.1, 0.15) is 5.76 Å². The molecule has 0 saturated carbocycles. The molecule has 2 aromatic heterocycles. The van der Waals surface area contributed by atoms with Crippen molar-refractivity contribution in [2.45, 2.75) is 54.1 Å². The first-order chi connectivity index (χ1) is 15.2. The second-order valence-corrected chi connectivity index (χ2v) is 8.19. The molecule has 1 atom stereocenters. The monoisotopic (exact) mass is 442 g/mol. The summed E-state index contributed by atoms with van der Waals surface area (Å²) in [4.78, 5) is 30.2. The Morgan fingerprint density at radius 1 is 1.12 bits per heavy atom. The van der Waals surface area contributed by atoms with Gasteiger partial charge in [-0.05, 0) is 40.8 Å². The second kappa shape index (κ2) is 9.28. The Morgan fingerprint density at radius 3 is 2.28 bits per heavy atom. The zero-order valence-electron chi connectivity index (χ0n) is 20.1. The Morgan fingerprint density at radius 2 is 1.78 bits per heavy atom. The molecule has 1 aliphatic heterocycles. The van der Waals surface area contributed by atoms with Crippen LogP contribution in [-0.4, -0.2) is 72.3 Å². The van der Waals surface area contributed by atoms with E-state index in [0.717, 1.165) is 30.0 Å². The topological polar surface area (TPSA) is 96.5 Å². The van der Waals surface area contributed by atoms with Crippen LogP contribution in [0.25, 0.3) is 5.76 Å². The van der Waals surface area contributed by atoms with Crippen LogP contribution in [-0.2, 0) is 23.2 Å². The molecule has 0 aromatic carbocycles. The van der Waals surface area contributed by atoms with Gasteiger partial charge in [0.05, 0.1) is 29.1 Å². The molecule has 174 valence electrons. The first kappa shape index (κ1) is 23.7. The van der Waals surface area contributed by atoms with Gasteiger partial charge in [0, 0.05) is 43.6 Å². The number of aromatic nitrogens is 4. The van der Waals surface area contributed by atoms with Crippen LogP contribution in [0.4, 0.5) is 0 Å². The fourth-order valence-electron chi connectivity index (χ4n) is 4.49. The Hall–Kier alpha value is -2.94. The predicted molar refractivity (Wildman–Crippen MR) is 122 cm³/mol. The summed E-state index contributed by atoms with van der Waals surface area (Å²) in [6.07, 6.45) is 1.68. The van der Waals surface area contributed by atoms with Crippen LogP contribution in [0.3, 0.4) is 0 Å². The number of rotatable bonds is 8. The van der Waals surface area contributed by atoms with Gasteiger partial charge in [-0.1, -0.05) is 13.8 Å². The highest BCUT2D eigenvalue weighted by Gasteiger charge is 2.47. The number of aryl methyl sites for hydroxylation is 3. The van der Waals surface area contributed by atoms with Crippen molar-refractivity contribution in [3.05, 3.63) is 40.0 Å². The smallest absolute Gasteiger partial charge is 0.295 e. The lowest BCUT2D eigenvalue weighted by atomic mass is 9.95. The van der Waals surface area contributed by atoms with Crippen LogP contribution < -0.4 is 0 Å². The maximum Gasteiger partial charge on any atom is 0.295 e. The molecular weight excluding hydrogens is 408 g/mol. The largest absolute Gasteiger partial charge is 0.507 e. The lowest BCUT2D eigenvalue weighted by Crippen LogP contribution is -2.38. The van der Waals surface area contributed by atoms with E-state index in [0.29, 0.717) is 30.9 Å². The summed E-state index contributed by atoms with van der Waals surface area (Å²) in [6.45, 7) is 15.0. The number of likely N-dealkylation sites (N-methyl/N-ethyl adjacent to an activating group) is 1. The number of carbonyl (C=O) groups is 2. The van der Waals surface area contributed by atoms with Crippen molar-refractivity contribution < 1.29 is 14.7 Å². The summed E-state index contributed by atoms with van der Waals surface area (Å²) in [5.74, 6) is -1.43. The number of aliphatic hydroxyl groups excluding tert-OH is 1. The van der Waals surface area contributed by atoms with E-state index in [1.165, 1.54) is 0 Å². The van der Waals surface area contributed by atoms with Crippen molar-refractivity contribution in [2.75, 3.05) is 26.2 Å². The molecule has 32 heavy (non-hydrogen) atoms. The molecule has 0 radical (unpaired) electrons. The number of hydrogen-bond donors (Lipinski definition) is 1. The fraction of sp³-hybridized carbons (Fsp3) is 0.565. The number of amides is 1. The molecule has 0 bridgehead atoms. The Bertz CT molecular complexity index is 1060. The van der Waals surface area contributed by atoms with Crippen LogP contribution in [0.1, 0.15) is 55.0 Å². The molecule has 3 heterocycles. The predicted octanol–water partition coefficient (Wildman–Crippen LogP) is 2.33. The Balaban J connectivity index is 2.18. The minimum Gasteiger partial charge on any atom is -0.507 e. The number of Topliss-reactive ketones (excluding diaryl/α,β-unsaturated/α-hetero) is 1. The van der Waals surface area contributed by atoms with E-state index in [-0.39, 0.29) is 11.3 Å². The highest BCUT2D eigenvalue weighted by molar-refractivity contribution is 6.46. The summed E-state index contributed by atoms with van der Waals surface area (Å²) in [7, 11) is 1.82. The highest BCUT2D eigenvalue weighted by atomic mass is 16.3. The van der Waals surface area contributed by atoms with Crippen LogP contribution in [0.2, 0.25) is 0 Å². The summed E-state index contributed by atoms with van der Waals surface area (Å²) in [5.41, 5.74) is 3.59. The van der Waals surface area contributed by atoms with E-state index in [4.69, 9.17) is 0 Å². The van der Waals surface area contributed by atoms with E-state index in [9.17, 15) is 14.7 Å². The van der Waals surface area contributed by atoms with Crippen molar-refractivity contribution in [1.29, 1.82) is 0 Å². The van der Waals surface area contributed by atoms with Gasteiger partial charge >= 0.3 is 0 Å². The number of carbonyl (C=O) groups excluding carboxylic acids is 2. The molecule has 1 fully saturated rings. The SMILES string of the molecule is CCN(CC)CCN1C(=O)C(=O)C(=C(O)c2c(C)nn(CC)c2C)[C@@H]1c1cnn(C)c1C. The second-order valence-electron chi connectivity index (χ2n) is 8.19. The first-order valence-corrected chi connectivity index (χ1v) is 11.2. The average Bonchev–Trinajstić information content (AvgIpc) is 3.34. The summed E-state index contributed by atoms with van der Waals surface area (Å²) < 4.78 is 3.50. The van der Waals surface area contributed by atoms with Gasteiger partial charge in [0.15, 0.2) is 0 Å². The third kappa shape index (κ3) is 3.85. The van der Waals surface area contributed by atoms with Crippen molar-refractivity contribution in [2.24, 2.45) is 7.05 Å². The van der Waals surface area contributed by atoms with Crippen molar-refractivity contribution >= 4 is 17.4 Å². The molecule has 0 spiro atoms. The van der Waals surface area contributed by atoms with Gasteiger partial charge in [-0.3, -0.25) is 19.0 Å². The fourth-order valence-corrected chi connectivity index (χ4v) is 4.49. The van der Waals surface area contributed by atoms with E-state index >= 15 is 0 Å². The Labute approximate surface area is 189 Å². The number of aliphatic hydroxyl groups is 1. The van der Waals surface area contributed by atoms with E-state index in [2.05, 4.69) is 28.9 Å². The normalized spacial score (nSPS) is 18.4. The van der Waals surface area contributed by atoms with Crippen LogP contribution in [0, 0.1) is 20.8 Å². The number of ketones is 1. The molecular formula is C23H34N6O3. The highest BCUT2D eigenvalue weighted by Crippen LogP contribution is 2.41. The molecule has 0 unspecified atom stereocenters. The standard InChI is InChI=1S/C23H34N6O3/c1-8-27(9-2)11-12-28-20(17-13-24-26(7)15(17)5)19(22(31)23(28)32)21(30)18-14(4)25-29(10-3)16(18)6/h13,20,30H,8-12H2,1-7H3/t20-/m0/s1. The van der Waals surface area contributed by atoms with Gasteiger partial charge in [-0.15, -0.1) is 0 Å². The molecule has 1 amide bonds. The van der Waals surface area contributed by atoms with E-state index in [1.54, 1.807) is 27.4 Å².